The first-order valence-electron chi connectivity index (χ1n) is 14.5. The normalized spacial score (nSPS) is 18.4. The van der Waals surface area contributed by atoms with E-state index in [9.17, 15) is 54.9 Å². The van der Waals surface area contributed by atoms with Gasteiger partial charge in [-0.3, -0.25) is 0 Å². The van der Waals surface area contributed by atoms with Crippen molar-refractivity contribution in [1.29, 1.82) is 0 Å². The topological polar surface area (TPSA) is 256 Å². The number of ether oxygens (including phenoxy) is 5. The van der Waals surface area contributed by atoms with Crippen LogP contribution in [0.15, 0.2) is 72.8 Å². The molecule has 1 unspecified atom stereocenters. The second-order valence-corrected chi connectivity index (χ2v) is 10.9. The van der Waals surface area contributed by atoms with Crippen molar-refractivity contribution in [3.8, 4) is 40.2 Å². The minimum atomic E-state index is -1.93. The zero-order valence-corrected chi connectivity index (χ0v) is 25.7. The molecule has 0 bridgehead atoms. The summed E-state index contributed by atoms with van der Waals surface area (Å²) in [6.45, 7) is 0.929. The summed E-state index contributed by atoms with van der Waals surface area (Å²) in [7, 11) is 0. The Labute approximate surface area is 281 Å². The number of aromatic hydroxyl groups is 7. The van der Waals surface area contributed by atoms with Crippen molar-refractivity contribution in [2.24, 2.45) is 0 Å². The lowest BCUT2D eigenvalue weighted by molar-refractivity contribution is -0.250. The largest absolute Gasteiger partial charge is 0.508 e. The van der Waals surface area contributed by atoms with Gasteiger partial charge < -0.3 is 59.4 Å². The molecule has 1 saturated heterocycles. The molecule has 5 rings (SSSR count). The first-order chi connectivity index (χ1) is 23.7. The number of phenolic OH excluding ortho intramolecular Hbond substituents is 7. The molecule has 4 aromatic rings. The van der Waals surface area contributed by atoms with Gasteiger partial charge in [-0.2, -0.15) is 0 Å². The van der Waals surface area contributed by atoms with Gasteiger partial charge in [0.25, 0.3) is 0 Å². The van der Waals surface area contributed by atoms with Gasteiger partial charge in [0.05, 0.1) is 28.9 Å². The predicted molar refractivity (Wildman–Crippen MR) is 165 cm³/mol. The summed E-state index contributed by atoms with van der Waals surface area (Å²) in [5.41, 5.74) is -0.634. The van der Waals surface area contributed by atoms with Gasteiger partial charge in [0.15, 0.2) is 46.7 Å². The maximum atomic E-state index is 13.4. The lowest BCUT2D eigenvalue weighted by Crippen LogP contribution is -2.58. The first kappa shape index (κ1) is 34.6. The van der Waals surface area contributed by atoms with Crippen LogP contribution in [0.4, 0.5) is 0 Å². The number of phenols is 7. The Kier molecular flexibility index (Phi) is 9.84. The summed E-state index contributed by atoms with van der Waals surface area (Å²) < 4.78 is 27.9. The van der Waals surface area contributed by atoms with Crippen molar-refractivity contribution < 1.29 is 78.6 Å². The Morgan fingerprint density at radius 3 is 1.32 bits per heavy atom. The van der Waals surface area contributed by atoms with Crippen LogP contribution < -0.4 is 0 Å². The Bertz CT molecular complexity index is 1830. The van der Waals surface area contributed by atoms with E-state index >= 15 is 0 Å². The molecule has 0 spiro atoms. The van der Waals surface area contributed by atoms with Crippen molar-refractivity contribution in [2.45, 2.75) is 31.5 Å². The van der Waals surface area contributed by atoms with Crippen molar-refractivity contribution in [1.82, 2.24) is 0 Å². The summed E-state index contributed by atoms with van der Waals surface area (Å²) in [4.78, 5) is 53.1. The van der Waals surface area contributed by atoms with E-state index in [2.05, 4.69) is 0 Å². The van der Waals surface area contributed by atoms with E-state index in [1.54, 1.807) is 6.92 Å². The predicted octanol–water partition coefficient (Wildman–Crippen LogP) is 3.12. The minimum Gasteiger partial charge on any atom is -0.508 e. The fraction of sp³-hybridized carbons (Fsp3) is 0.176. The van der Waals surface area contributed by atoms with Crippen LogP contribution in [-0.4, -0.2) is 90.8 Å². The number of hydrogen-bond acceptors (Lipinski definition) is 16. The summed E-state index contributed by atoms with van der Waals surface area (Å²) in [5, 5.41) is 68.9. The van der Waals surface area contributed by atoms with E-state index in [-0.39, 0.29) is 28.0 Å². The average molecular weight is 693 g/mol. The molecular formula is C34H28O16. The van der Waals surface area contributed by atoms with Crippen LogP contribution in [0.1, 0.15) is 47.0 Å². The number of aryl methyl sites for hydroxylation is 1. The van der Waals surface area contributed by atoms with Crippen LogP contribution in [0.3, 0.4) is 0 Å². The fourth-order valence-corrected chi connectivity index (χ4v) is 4.66. The Hall–Kier alpha value is -6.68. The Balaban J connectivity index is 1.53. The van der Waals surface area contributed by atoms with Gasteiger partial charge in [-0.25, -0.2) is 19.2 Å². The second kappa shape index (κ2) is 14.2. The maximum absolute atomic E-state index is 13.4. The van der Waals surface area contributed by atoms with Crippen molar-refractivity contribution in [3.05, 3.63) is 101 Å². The van der Waals surface area contributed by atoms with Gasteiger partial charge in [-0.1, -0.05) is 6.07 Å². The monoisotopic (exact) mass is 692 g/mol. The SMILES string of the molecule is Cc1ccc(C(=O)OC2OC[C@H](OC(=O)c3ccc(O)c(O)c3)[C@H](OC(=O)c3ccc(O)c(O)c3)[C@H]2OC(=O)c2ccc(O)c(O)c2)cc1O. The van der Waals surface area contributed by atoms with Crippen LogP contribution in [0.25, 0.3) is 0 Å². The van der Waals surface area contributed by atoms with Gasteiger partial charge in [0, 0.05) is 0 Å². The number of rotatable bonds is 8. The van der Waals surface area contributed by atoms with E-state index in [4.69, 9.17) is 23.7 Å². The molecule has 0 saturated carbocycles. The Morgan fingerprint density at radius 1 is 0.500 bits per heavy atom. The number of esters is 4. The standard InChI is InChI=1S/C34H28O16/c1-15-2-3-16(10-23(15)38)33(45)50-34-29(49-32(44)19-6-9-22(37)26(41)13-19)28(48-31(43)18-5-8-21(36)25(40)12-18)27(14-46-34)47-30(42)17-4-7-20(35)24(39)11-17/h2-13,27-29,34-41H,14H2,1H3/t27-,28-,29+,34?/m0/s1. The van der Waals surface area contributed by atoms with Crippen molar-refractivity contribution in [2.75, 3.05) is 6.61 Å². The number of benzene rings is 4. The molecule has 0 radical (unpaired) electrons. The highest BCUT2D eigenvalue weighted by Crippen LogP contribution is 2.32. The maximum Gasteiger partial charge on any atom is 0.340 e. The summed E-state index contributed by atoms with van der Waals surface area (Å²) in [5.74, 6) is -8.58. The third kappa shape index (κ3) is 7.55. The molecule has 16 nitrogen and oxygen atoms in total. The Morgan fingerprint density at radius 2 is 0.880 bits per heavy atom. The van der Waals surface area contributed by atoms with Crippen LogP contribution in [0.2, 0.25) is 0 Å². The van der Waals surface area contributed by atoms with Gasteiger partial charge in [-0.05, 0) is 79.2 Å². The van der Waals surface area contributed by atoms with Crippen LogP contribution in [0.5, 0.6) is 40.2 Å². The molecule has 0 amide bonds. The van der Waals surface area contributed by atoms with E-state index in [1.165, 1.54) is 12.1 Å². The zero-order chi connectivity index (χ0) is 36.3. The highest BCUT2D eigenvalue weighted by atomic mass is 16.7. The third-order valence-electron chi connectivity index (χ3n) is 7.43. The quantitative estimate of drug-likeness (QED) is 0.0795. The van der Waals surface area contributed by atoms with Crippen LogP contribution >= 0.6 is 0 Å². The van der Waals surface area contributed by atoms with Crippen molar-refractivity contribution in [3.63, 3.8) is 0 Å². The third-order valence-corrected chi connectivity index (χ3v) is 7.43. The molecular weight excluding hydrogens is 664 g/mol. The molecule has 50 heavy (non-hydrogen) atoms. The smallest absolute Gasteiger partial charge is 0.340 e. The molecule has 0 aromatic heterocycles. The van der Waals surface area contributed by atoms with Crippen LogP contribution in [0, 0.1) is 6.92 Å². The minimum absolute atomic E-state index is 0.154. The number of carbonyl (C=O) groups is 4. The number of carbonyl (C=O) groups excluding carboxylic acids is 4. The van der Waals surface area contributed by atoms with Gasteiger partial charge in [0.1, 0.15) is 5.75 Å². The second-order valence-electron chi connectivity index (χ2n) is 10.9. The lowest BCUT2D eigenvalue weighted by Gasteiger charge is -2.40. The molecule has 1 heterocycles. The lowest BCUT2D eigenvalue weighted by atomic mass is 10.0. The molecule has 4 aromatic carbocycles. The first-order valence-corrected chi connectivity index (χ1v) is 14.5. The van der Waals surface area contributed by atoms with Gasteiger partial charge in [0.2, 0.25) is 12.4 Å². The van der Waals surface area contributed by atoms with Gasteiger partial charge >= 0.3 is 23.9 Å². The number of hydrogen-bond donors (Lipinski definition) is 7. The molecule has 7 N–H and O–H groups in total. The van der Waals surface area contributed by atoms with Gasteiger partial charge in [-0.15, -0.1) is 0 Å². The highest BCUT2D eigenvalue weighted by Gasteiger charge is 2.50. The zero-order valence-electron chi connectivity index (χ0n) is 25.7. The van der Waals surface area contributed by atoms with E-state index in [1.807, 2.05) is 0 Å². The molecule has 4 atom stereocenters. The highest BCUT2D eigenvalue weighted by molar-refractivity contribution is 5.93. The summed E-state index contributed by atoms with van der Waals surface area (Å²) in [6, 6.07) is 12.7. The average Bonchev–Trinajstić information content (AvgIpc) is 3.08. The fourth-order valence-electron chi connectivity index (χ4n) is 4.66. The molecule has 0 aliphatic carbocycles. The van der Waals surface area contributed by atoms with E-state index in [0.29, 0.717) is 5.56 Å². The molecule has 1 aliphatic rings. The summed E-state index contributed by atoms with van der Waals surface area (Å²) in [6.07, 6.45) is -7.28. The molecule has 260 valence electrons. The summed E-state index contributed by atoms with van der Waals surface area (Å²) >= 11 is 0. The van der Waals surface area contributed by atoms with E-state index < -0.39 is 89.6 Å². The van der Waals surface area contributed by atoms with E-state index in [0.717, 1.165) is 60.7 Å². The molecule has 1 aliphatic heterocycles. The molecule has 1 fully saturated rings. The molecule has 16 heteroatoms. The van der Waals surface area contributed by atoms with Crippen molar-refractivity contribution >= 4 is 23.9 Å². The van der Waals surface area contributed by atoms with Crippen LogP contribution in [-0.2, 0) is 23.7 Å².